The SMILES string of the molecule is Bc1c(B)c(B)c2c(-c3ccc4ccccc4c3)c3c(B)c(B)c(B)c(B)c3c(-c3ccc(-n4c(-c5ccccc5)nc5ccccc54)cc3)c2c1B. The highest BCUT2D eigenvalue weighted by Crippen LogP contribution is 2.41. The van der Waals surface area contributed by atoms with E-state index in [0.29, 0.717) is 0 Å². The molecule has 0 bridgehead atoms. The highest BCUT2D eigenvalue weighted by atomic mass is 15.1. The van der Waals surface area contributed by atoms with Gasteiger partial charge in [-0.3, -0.25) is 4.57 Å². The van der Waals surface area contributed by atoms with Crippen LogP contribution in [0.1, 0.15) is 0 Å². The zero-order chi connectivity index (χ0) is 36.7. The minimum atomic E-state index is 0.949. The fourth-order valence-corrected chi connectivity index (χ4v) is 8.89. The molecule has 0 saturated heterocycles. The molecule has 0 saturated carbocycles. The summed E-state index contributed by atoms with van der Waals surface area (Å²) in [6.45, 7) is 0. The predicted octanol–water partition coefficient (Wildman–Crippen LogP) is -2.45. The number of para-hydroxylation sites is 2. The highest BCUT2D eigenvalue weighted by Gasteiger charge is 2.25. The third-order valence-electron chi connectivity index (χ3n) is 12.4. The Kier molecular flexibility index (Phi) is 7.93. The second-order valence-electron chi connectivity index (χ2n) is 15.0. The molecule has 0 unspecified atom stereocenters. The third kappa shape index (κ3) is 5.02. The van der Waals surface area contributed by atoms with Crippen molar-refractivity contribution in [3.8, 4) is 39.3 Å². The molecule has 0 spiro atoms. The number of aromatic nitrogens is 2. The average molecular weight is 667 g/mol. The summed E-state index contributed by atoms with van der Waals surface area (Å²) < 4.78 is 2.30. The summed E-state index contributed by atoms with van der Waals surface area (Å²) >= 11 is 0. The maximum atomic E-state index is 5.12. The molecule has 53 heavy (non-hydrogen) atoms. The number of hydrogen-bond donors (Lipinski definition) is 0. The minimum Gasteiger partial charge on any atom is -0.292 e. The van der Waals surface area contributed by atoms with Crippen molar-refractivity contribution in [2.75, 3.05) is 0 Å². The van der Waals surface area contributed by atoms with Crippen LogP contribution in [-0.2, 0) is 0 Å². The quantitative estimate of drug-likeness (QED) is 0.151. The maximum Gasteiger partial charge on any atom is 0.145 e. The van der Waals surface area contributed by atoms with Gasteiger partial charge < -0.3 is 0 Å². The van der Waals surface area contributed by atoms with Gasteiger partial charge in [-0.25, -0.2) is 4.98 Å². The maximum absolute atomic E-state index is 5.12. The molecule has 0 aliphatic heterocycles. The first kappa shape index (κ1) is 33.4. The van der Waals surface area contributed by atoms with Crippen LogP contribution in [0.3, 0.4) is 0 Å². The summed E-state index contributed by atoms with van der Waals surface area (Å²) in [5, 5.41) is 7.98. The van der Waals surface area contributed by atoms with Gasteiger partial charge in [-0.1, -0.05) is 113 Å². The first-order chi connectivity index (χ1) is 25.7. The van der Waals surface area contributed by atoms with E-state index in [1.165, 1.54) is 98.3 Å². The topological polar surface area (TPSA) is 17.8 Å². The summed E-state index contributed by atoms with van der Waals surface area (Å²) in [4.78, 5) is 5.12. The number of benzene rings is 8. The van der Waals surface area contributed by atoms with Gasteiger partial charge in [0.05, 0.1) is 11.0 Å². The molecule has 0 fully saturated rings. The first-order valence-electron chi connectivity index (χ1n) is 18.7. The smallest absolute Gasteiger partial charge is 0.145 e. The zero-order valence-corrected chi connectivity index (χ0v) is 31.9. The lowest BCUT2D eigenvalue weighted by molar-refractivity contribution is 1.10. The molecule has 8 aromatic carbocycles. The Hall–Kier alpha value is -5.47. The van der Waals surface area contributed by atoms with Crippen LogP contribution in [0.25, 0.3) is 82.7 Å². The summed E-state index contributed by atoms with van der Waals surface area (Å²) in [6.07, 6.45) is 0. The molecule has 0 radical (unpaired) electrons. The first-order valence-corrected chi connectivity index (χ1v) is 18.7. The van der Waals surface area contributed by atoms with Crippen LogP contribution in [0.2, 0.25) is 0 Å². The van der Waals surface area contributed by atoms with Gasteiger partial charge in [-0.2, -0.15) is 0 Å². The van der Waals surface area contributed by atoms with Crippen LogP contribution >= 0.6 is 0 Å². The lowest BCUT2D eigenvalue weighted by Crippen LogP contribution is -2.50. The Morgan fingerprint density at radius 2 is 0.849 bits per heavy atom. The van der Waals surface area contributed by atoms with Crippen LogP contribution < -0.4 is 43.7 Å². The lowest BCUT2D eigenvalue weighted by Gasteiger charge is -2.28. The minimum absolute atomic E-state index is 0.949. The molecule has 2 nitrogen and oxygen atoms in total. The van der Waals surface area contributed by atoms with Crippen molar-refractivity contribution >= 4 is 150 Å². The van der Waals surface area contributed by atoms with E-state index < -0.39 is 0 Å². The third-order valence-corrected chi connectivity index (χ3v) is 12.4. The molecule has 0 aliphatic rings. The molecular formula is C43H36B8N2. The monoisotopic (exact) mass is 668 g/mol. The Bertz CT molecular complexity index is 2890. The Balaban J connectivity index is 1.40. The van der Waals surface area contributed by atoms with Crippen molar-refractivity contribution in [3.63, 3.8) is 0 Å². The van der Waals surface area contributed by atoms with E-state index in [1.807, 2.05) is 0 Å². The van der Waals surface area contributed by atoms with E-state index in [1.54, 1.807) is 0 Å². The van der Waals surface area contributed by atoms with Gasteiger partial charge in [0.1, 0.15) is 68.6 Å². The van der Waals surface area contributed by atoms with E-state index in [9.17, 15) is 0 Å². The lowest BCUT2D eigenvalue weighted by atomic mass is 9.59. The largest absolute Gasteiger partial charge is 0.292 e. The van der Waals surface area contributed by atoms with Crippen molar-refractivity contribution in [3.05, 3.63) is 121 Å². The van der Waals surface area contributed by atoms with Crippen LogP contribution in [0.15, 0.2) is 121 Å². The molecule has 0 N–H and O–H groups in total. The number of rotatable bonds is 4. The summed E-state index contributed by atoms with van der Waals surface area (Å²) in [6, 6.07) is 44.0. The molecule has 0 aliphatic carbocycles. The van der Waals surface area contributed by atoms with E-state index in [-0.39, 0.29) is 0 Å². The number of fused-ring (bicyclic) bond motifs is 4. The normalized spacial score (nSPS) is 11.6. The Morgan fingerprint density at radius 3 is 1.43 bits per heavy atom. The van der Waals surface area contributed by atoms with Gasteiger partial charge >= 0.3 is 0 Å². The van der Waals surface area contributed by atoms with Crippen molar-refractivity contribution in [1.82, 2.24) is 9.55 Å². The van der Waals surface area contributed by atoms with E-state index >= 15 is 0 Å². The van der Waals surface area contributed by atoms with E-state index in [2.05, 4.69) is 189 Å². The number of imidazole rings is 1. The standard InChI is InChI=1S/C43H36B8N2/c44-35-31-29(22-16-18-26(19-17-22)53-28-13-7-6-12-27(28)52-43(53)23-9-2-1-3-10-23)32-34(38(47)42(51)40(49)36(32)45)30(33(31)37(46)41(50)39(35)48)25-15-14-21-8-4-5-11-24(21)20-25/h1-20H,44-51H2. The zero-order valence-electron chi connectivity index (χ0n) is 31.9. The van der Waals surface area contributed by atoms with Gasteiger partial charge in [0.15, 0.2) is 0 Å². The van der Waals surface area contributed by atoms with Gasteiger partial charge in [0, 0.05) is 11.3 Å². The second-order valence-corrected chi connectivity index (χ2v) is 15.0. The Morgan fingerprint density at radius 1 is 0.377 bits per heavy atom. The molecular weight excluding hydrogens is 631 g/mol. The van der Waals surface area contributed by atoms with Crippen LogP contribution in [0.4, 0.5) is 0 Å². The van der Waals surface area contributed by atoms with Crippen LogP contribution in [-0.4, -0.2) is 72.3 Å². The van der Waals surface area contributed by atoms with Crippen molar-refractivity contribution in [2.45, 2.75) is 0 Å². The molecule has 10 heteroatoms. The van der Waals surface area contributed by atoms with Crippen LogP contribution in [0, 0.1) is 0 Å². The molecule has 9 aromatic rings. The van der Waals surface area contributed by atoms with Crippen molar-refractivity contribution in [2.24, 2.45) is 0 Å². The Labute approximate surface area is 318 Å². The molecule has 9 rings (SSSR count). The fraction of sp³-hybridized carbons (Fsp3) is 0. The van der Waals surface area contributed by atoms with Gasteiger partial charge in [0.25, 0.3) is 0 Å². The van der Waals surface area contributed by atoms with Crippen molar-refractivity contribution in [1.29, 1.82) is 0 Å². The highest BCUT2D eigenvalue weighted by molar-refractivity contribution is 6.71. The number of nitrogens with zero attached hydrogens (tertiary/aromatic N) is 2. The number of hydrogen-bond acceptors (Lipinski definition) is 1. The molecule has 0 amide bonds. The summed E-state index contributed by atoms with van der Waals surface area (Å²) in [7, 11) is 18.6. The fourth-order valence-electron chi connectivity index (χ4n) is 8.89. The second kappa shape index (κ2) is 12.6. The molecule has 1 aromatic heterocycles. The predicted molar refractivity (Wildman–Crippen MR) is 255 cm³/mol. The van der Waals surface area contributed by atoms with Crippen molar-refractivity contribution < 1.29 is 0 Å². The van der Waals surface area contributed by atoms with Gasteiger partial charge in [-0.15, -0.1) is 21.9 Å². The van der Waals surface area contributed by atoms with Gasteiger partial charge in [-0.05, 0) is 84.9 Å². The molecule has 1 heterocycles. The summed E-state index contributed by atoms with van der Waals surface area (Å²) in [5.74, 6) is 0.949. The van der Waals surface area contributed by atoms with E-state index in [0.717, 1.165) is 28.1 Å². The van der Waals surface area contributed by atoms with E-state index in [4.69, 9.17) is 4.98 Å². The molecule has 242 valence electrons. The molecule has 0 atom stereocenters. The average Bonchev–Trinajstić information content (AvgIpc) is 3.59. The van der Waals surface area contributed by atoms with Gasteiger partial charge in [0.2, 0.25) is 0 Å². The van der Waals surface area contributed by atoms with Crippen LogP contribution in [0.5, 0.6) is 0 Å². The summed E-state index contributed by atoms with van der Waals surface area (Å²) in [5.41, 5.74) is 20.4.